The number of thiophene rings is 1. The number of carbonyl (C=O) groups is 2. The van der Waals surface area contributed by atoms with Crippen molar-refractivity contribution in [2.24, 2.45) is 0 Å². The van der Waals surface area contributed by atoms with Crippen LogP contribution in [0.15, 0.2) is 30.3 Å². The topological polar surface area (TPSA) is 79.2 Å². The Balaban J connectivity index is 1.97. The van der Waals surface area contributed by atoms with Crippen LogP contribution in [0.5, 0.6) is 0 Å². The monoisotopic (exact) mass is 342 g/mol. The number of carbonyl (C=O) groups excluding carboxylic acids is 2. The van der Waals surface area contributed by atoms with Gasteiger partial charge in [-0.3, -0.25) is 4.79 Å². The number of nitrogens with zero attached hydrogens (tertiary/aromatic N) is 1. The van der Waals surface area contributed by atoms with Gasteiger partial charge in [-0.2, -0.15) is 5.26 Å². The molecule has 1 amide bonds. The summed E-state index contributed by atoms with van der Waals surface area (Å²) in [5.41, 5.74) is 2.11. The number of nitrogens with one attached hydrogen (secondary N) is 1. The maximum absolute atomic E-state index is 12.1. The quantitative estimate of drug-likeness (QED) is 0.841. The van der Waals surface area contributed by atoms with Gasteiger partial charge >= 0.3 is 5.97 Å². The van der Waals surface area contributed by atoms with Gasteiger partial charge in [0.1, 0.15) is 4.88 Å². The van der Waals surface area contributed by atoms with Crippen molar-refractivity contribution in [3.05, 3.63) is 51.2 Å². The van der Waals surface area contributed by atoms with Crippen LogP contribution in [0.25, 0.3) is 0 Å². The van der Waals surface area contributed by atoms with Crippen molar-refractivity contribution in [1.82, 2.24) is 0 Å². The lowest BCUT2D eigenvalue weighted by Gasteiger charge is -2.13. The summed E-state index contributed by atoms with van der Waals surface area (Å²) in [7, 11) is 0. The Bertz CT molecular complexity index is 788. The van der Waals surface area contributed by atoms with E-state index in [0.717, 1.165) is 16.9 Å². The standard InChI is InChI=1S/C18H18N2O3S/c1-4-15-11(2)9-16(24-15)18(22)23-12(3)17(21)20-14-7-5-13(10-19)6-8-14/h5-9,12H,4H2,1-3H3,(H,20,21)/t12-/m1/s1. The molecule has 2 aromatic rings. The van der Waals surface area contributed by atoms with Crippen molar-refractivity contribution >= 4 is 28.9 Å². The summed E-state index contributed by atoms with van der Waals surface area (Å²) in [4.78, 5) is 25.9. The number of hydrogen-bond donors (Lipinski definition) is 1. The lowest BCUT2D eigenvalue weighted by molar-refractivity contribution is -0.123. The van der Waals surface area contributed by atoms with Gasteiger partial charge in [-0.15, -0.1) is 11.3 Å². The number of benzene rings is 1. The maximum Gasteiger partial charge on any atom is 0.349 e. The van der Waals surface area contributed by atoms with Crippen LogP contribution in [-0.4, -0.2) is 18.0 Å². The molecular weight excluding hydrogens is 324 g/mol. The van der Waals surface area contributed by atoms with Gasteiger partial charge < -0.3 is 10.1 Å². The molecule has 2 rings (SSSR count). The normalized spacial score (nSPS) is 11.4. The van der Waals surface area contributed by atoms with Crippen molar-refractivity contribution in [3.63, 3.8) is 0 Å². The molecule has 0 radical (unpaired) electrons. The highest BCUT2D eigenvalue weighted by Crippen LogP contribution is 2.23. The summed E-state index contributed by atoms with van der Waals surface area (Å²) in [6.07, 6.45) is -0.0565. The zero-order valence-corrected chi connectivity index (χ0v) is 14.6. The van der Waals surface area contributed by atoms with Gasteiger partial charge in [0, 0.05) is 10.6 Å². The number of rotatable bonds is 5. The predicted octanol–water partition coefficient (Wildman–Crippen LogP) is 3.67. The Labute approximate surface area is 144 Å². The lowest BCUT2D eigenvalue weighted by atomic mass is 10.2. The van der Waals surface area contributed by atoms with Crippen LogP contribution in [0.3, 0.4) is 0 Å². The first-order valence-electron chi connectivity index (χ1n) is 7.56. The second-order valence-corrected chi connectivity index (χ2v) is 6.43. The van der Waals surface area contributed by atoms with Crippen molar-refractivity contribution in [1.29, 1.82) is 5.26 Å². The molecule has 0 aliphatic carbocycles. The number of amides is 1. The third kappa shape index (κ3) is 4.21. The molecule has 1 aromatic carbocycles. The first-order valence-corrected chi connectivity index (χ1v) is 8.37. The Hall–Kier alpha value is -2.65. The minimum absolute atomic E-state index is 0.419. The van der Waals surface area contributed by atoms with Crippen LogP contribution in [0, 0.1) is 18.3 Å². The lowest BCUT2D eigenvalue weighted by Crippen LogP contribution is -2.29. The average molecular weight is 342 g/mol. The van der Waals surface area contributed by atoms with E-state index in [1.807, 2.05) is 19.9 Å². The third-order valence-electron chi connectivity index (χ3n) is 3.48. The largest absolute Gasteiger partial charge is 0.448 e. The van der Waals surface area contributed by atoms with Crippen LogP contribution in [0.2, 0.25) is 0 Å². The number of esters is 1. The van der Waals surface area contributed by atoms with Gasteiger partial charge in [-0.1, -0.05) is 6.92 Å². The highest BCUT2D eigenvalue weighted by molar-refractivity contribution is 7.14. The summed E-state index contributed by atoms with van der Waals surface area (Å²) in [6, 6.07) is 10.3. The molecule has 1 atom stereocenters. The van der Waals surface area contributed by atoms with E-state index in [1.54, 1.807) is 30.3 Å². The maximum atomic E-state index is 12.1. The van der Waals surface area contributed by atoms with E-state index in [-0.39, 0.29) is 0 Å². The molecule has 0 saturated heterocycles. The molecule has 1 aromatic heterocycles. The molecule has 5 nitrogen and oxygen atoms in total. The molecule has 0 bridgehead atoms. The number of anilines is 1. The fourth-order valence-electron chi connectivity index (χ4n) is 2.12. The molecule has 1 N–H and O–H groups in total. The molecule has 0 fully saturated rings. The van der Waals surface area contributed by atoms with E-state index in [9.17, 15) is 9.59 Å². The van der Waals surface area contributed by atoms with Crippen molar-refractivity contribution in [2.75, 3.05) is 5.32 Å². The van der Waals surface area contributed by atoms with Gasteiger partial charge in [-0.25, -0.2) is 4.79 Å². The van der Waals surface area contributed by atoms with Gasteiger partial charge in [0.15, 0.2) is 6.10 Å². The second-order valence-electron chi connectivity index (χ2n) is 5.30. The molecule has 124 valence electrons. The molecule has 1 heterocycles. The van der Waals surface area contributed by atoms with E-state index in [0.29, 0.717) is 16.1 Å². The van der Waals surface area contributed by atoms with Crippen molar-refractivity contribution < 1.29 is 14.3 Å². The number of hydrogen-bond acceptors (Lipinski definition) is 5. The van der Waals surface area contributed by atoms with E-state index in [1.165, 1.54) is 18.3 Å². The first-order chi connectivity index (χ1) is 11.4. The highest BCUT2D eigenvalue weighted by Gasteiger charge is 2.21. The van der Waals surface area contributed by atoms with E-state index in [4.69, 9.17) is 10.00 Å². The zero-order valence-electron chi connectivity index (χ0n) is 13.8. The van der Waals surface area contributed by atoms with Crippen LogP contribution >= 0.6 is 11.3 Å². The molecule has 0 unspecified atom stereocenters. The summed E-state index contributed by atoms with van der Waals surface area (Å²) in [5.74, 6) is -0.915. The minimum Gasteiger partial charge on any atom is -0.448 e. The van der Waals surface area contributed by atoms with E-state index < -0.39 is 18.0 Å². The smallest absolute Gasteiger partial charge is 0.349 e. The summed E-state index contributed by atoms with van der Waals surface area (Å²) >= 11 is 1.39. The summed E-state index contributed by atoms with van der Waals surface area (Å²) in [5, 5.41) is 11.4. The molecule has 24 heavy (non-hydrogen) atoms. The average Bonchev–Trinajstić information content (AvgIpc) is 2.96. The number of ether oxygens (including phenoxy) is 1. The Morgan fingerprint density at radius 2 is 2.00 bits per heavy atom. The van der Waals surface area contributed by atoms with Crippen LogP contribution < -0.4 is 5.32 Å². The zero-order chi connectivity index (χ0) is 17.7. The molecule has 6 heteroatoms. The third-order valence-corrected chi connectivity index (χ3v) is 4.84. The molecule has 0 aliphatic heterocycles. The predicted molar refractivity (Wildman–Crippen MR) is 93.1 cm³/mol. The van der Waals surface area contributed by atoms with Crippen molar-refractivity contribution in [3.8, 4) is 6.07 Å². The SMILES string of the molecule is CCc1sc(C(=O)O[C@H](C)C(=O)Nc2ccc(C#N)cc2)cc1C. The summed E-state index contributed by atoms with van der Waals surface area (Å²) in [6.45, 7) is 5.51. The van der Waals surface area contributed by atoms with Gasteiger partial charge in [0.05, 0.1) is 11.6 Å². The molecule has 0 saturated carbocycles. The van der Waals surface area contributed by atoms with Crippen molar-refractivity contribution in [2.45, 2.75) is 33.3 Å². The van der Waals surface area contributed by atoms with Gasteiger partial charge in [0.25, 0.3) is 5.91 Å². The van der Waals surface area contributed by atoms with Crippen LogP contribution in [-0.2, 0) is 16.0 Å². The Kier molecular flexibility index (Phi) is 5.72. The second kappa shape index (κ2) is 7.75. The summed E-state index contributed by atoms with van der Waals surface area (Å²) < 4.78 is 5.24. The number of aryl methyl sites for hydroxylation is 2. The highest BCUT2D eigenvalue weighted by atomic mass is 32.1. The van der Waals surface area contributed by atoms with Crippen LogP contribution in [0.1, 0.15) is 39.5 Å². The molecule has 0 spiro atoms. The fourth-order valence-corrected chi connectivity index (χ4v) is 3.11. The van der Waals surface area contributed by atoms with E-state index in [2.05, 4.69) is 5.32 Å². The van der Waals surface area contributed by atoms with Gasteiger partial charge in [0.2, 0.25) is 0 Å². The van der Waals surface area contributed by atoms with E-state index >= 15 is 0 Å². The molecule has 0 aliphatic rings. The minimum atomic E-state index is -0.916. The Morgan fingerprint density at radius 3 is 2.54 bits per heavy atom. The van der Waals surface area contributed by atoms with Gasteiger partial charge in [-0.05, 0) is 56.2 Å². The van der Waals surface area contributed by atoms with Crippen LogP contribution in [0.4, 0.5) is 5.69 Å². The number of nitriles is 1. The first kappa shape index (κ1) is 17.7. The Morgan fingerprint density at radius 1 is 1.33 bits per heavy atom. The molecular formula is C18H18N2O3S. The fraction of sp³-hybridized carbons (Fsp3) is 0.278.